The monoisotopic (exact) mass is 486 g/mol. The summed E-state index contributed by atoms with van der Waals surface area (Å²) >= 11 is 18.8. The quantitative estimate of drug-likeness (QED) is 0.285. The third kappa shape index (κ3) is 4.07. The molecular formula is C24H17Cl3N2O3. The second-order valence-corrected chi connectivity index (χ2v) is 8.06. The van der Waals surface area contributed by atoms with Gasteiger partial charge in [-0.25, -0.2) is 9.48 Å². The molecule has 0 aliphatic rings. The van der Waals surface area contributed by atoms with Crippen LogP contribution in [0.2, 0.25) is 15.1 Å². The van der Waals surface area contributed by atoms with Gasteiger partial charge in [0, 0.05) is 26.7 Å². The molecule has 0 atom stereocenters. The average molecular weight is 488 g/mol. The Labute approximate surface area is 200 Å². The van der Waals surface area contributed by atoms with Crippen LogP contribution in [0.5, 0.6) is 5.75 Å². The standard InChI is InChI=1S/C24H17Cl3N2O3/c1-31-20-6-4-3-5-17(20)21-22(24(30)32-2)28-29(19-12-11-16(26)13-18(19)27)23(21)14-7-9-15(25)10-8-14/h3-13H,1-2H3. The van der Waals surface area contributed by atoms with Crippen LogP contribution in [0.25, 0.3) is 28.1 Å². The average Bonchev–Trinajstić information content (AvgIpc) is 3.19. The number of aromatic nitrogens is 2. The number of rotatable bonds is 5. The lowest BCUT2D eigenvalue weighted by Gasteiger charge is -2.14. The number of ether oxygens (including phenoxy) is 2. The highest BCUT2D eigenvalue weighted by Gasteiger charge is 2.29. The van der Waals surface area contributed by atoms with Crippen molar-refractivity contribution in [2.45, 2.75) is 0 Å². The first-order valence-electron chi connectivity index (χ1n) is 9.50. The van der Waals surface area contributed by atoms with Crippen molar-refractivity contribution >= 4 is 40.8 Å². The van der Waals surface area contributed by atoms with Crippen molar-refractivity contribution in [3.8, 4) is 33.8 Å². The number of hydrogen-bond acceptors (Lipinski definition) is 4. The van der Waals surface area contributed by atoms with Crippen molar-refractivity contribution in [3.05, 3.63) is 87.5 Å². The number of benzene rings is 3. The number of halogens is 3. The molecule has 32 heavy (non-hydrogen) atoms. The molecule has 0 amide bonds. The number of carbonyl (C=O) groups is 1. The molecule has 0 spiro atoms. The van der Waals surface area contributed by atoms with Crippen LogP contribution >= 0.6 is 34.8 Å². The number of esters is 1. The molecule has 1 heterocycles. The Morgan fingerprint density at radius 3 is 2.25 bits per heavy atom. The Kier molecular flexibility index (Phi) is 6.42. The van der Waals surface area contributed by atoms with E-state index < -0.39 is 5.97 Å². The van der Waals surface area contributed by atoms with Gasteiger partial charge in [-0.1, -0.05) is 65.1 Å². The van der Waals surface area contributed by atoms with E-state index in [0.29, 0.717) is 43.3 Å². The molecule has 0 unspecified atom stereocenters. The van der Waals surface area contributed by atoms with E-state index in [4.69, 9.17) is 44.3 Å². The van der Waals surface area contributed by atoms with Crippen LogP contribution in [0.3, 0.4) is 0 Å². The van der Waals surface area contributed by atoms with Crippen LogP contribution in [-0.2, 0) is 4.74 Å². The largest absolute Gasteiger partial charge is 0.496 e. The van der Waals surface area contributed by atoms with Gasteiger partial charge in [0.15, 0.2) is 5.69 Å². The summed E-state index contributed by atoms with van der Waals surface area (Å²) in [7, 11) is 2.88. The van der Waals surface area contributed by atoms with Gasteiger partial charge in [-0.05, 0) is 36.4 Å². The van der Waals surface area contributed by atoms with E-state index >= 15 is 0 Å². The Bertz CT molecular complexity index is 1300. The first-order valence-corrected chi connectivity index (χ1v) is 10.6. The summed E-state index contributed by atoms with van der Waals surface area (Å²) in [4.78, 5) is 12.8. The number of para-hydroxylation sites is 1. The molecule has 0 saturated carbocycles. The molecule has 0 radical (unpaired) electrons. The SMILES string of the molecule is COC(=O)c1nn(-c2ccc(Cl)cc2Cl)c(-c2ccc(Cl)cc2)c1-c1ccccc1OC. The molecule has 0 bridgehead atoms. The zero-order valence-electron chi connectivity index (χ0n) is 17.1. The maximum absolute atomic E-state index is 12.8. The summed E-state index contributed by atoms with van der Waals surface area (Å²) in [5.74, 6) is -0.0143. The lowest BCUT2D eigenvalue weighted by molar-refractivity contribution is 0.0594. The van der Waals surface area contributed by atoms with E-state index in [0.717, 1.165) is 5.56 Å². The lowest BCUT2D eigenvalue weighted by Crippen LogP contribution is -2.05. The first-order chi connectivity index (χ1) is 15.4. The van der Waals surface area contributed by atoms with Gasteiger partial charge in [-0.15, -0.1) is 0 Å². The van der Waals surface area contributed by atoms with E-state index in [1.807, 2.05) is 36.4 Å². The number of hydrogen-bond donors (Lipinski definition) is 0. The van der Waals surface area contributed by atoms with Gasteiger partial charge in [-0.2, -0.15) is 5.10 Å². The molecule has 0 aliphatic heterocycles. The molecule has 162 valence electrons. The van der Waals surface area contributed by atoms with Crippen molar-refractivity contribution in [1.29, 1.82) is 0 Å². The minimum absolute atomic E-state index is 0.118. The van der Waals surface area contributed by atoms with Crippen molar-refractivity contribution < 1.29 is 14.3 Å². The fraction of sp³-hybridized carbons (Fsp3) is 0.0833. The van der Waals surface area contributed by atoms with Crippen LogP contribution in [0.1, 0.15) is 10.5 Å². The van der Waals surface area contributed by atoms with Gasteiger partial charge in [0.05, 0.1) is 30.6 Å². The minimum atomic E-state index is -0.593. The molecule has 8 heteroatoms. The zero-order chi connectivity index (χ0) is 22.8. The molecule has 4 aromatic rings. The van der Waals surface area contributed by atoms with E-state index in [9.17, 15) is 4.79 Å². The normalized spacial score (nSPS) is 10.8. The highest BCUT2D eigenvalue weighted by molar-refractivity contribution is 6.35. The fourth-order valence-electron chi connectivity index (χ4n) is 3.47. The topological polar surface area (TPSA) is 53.3 Å². The van der Waals surface area contributed by atoms with Gasteiger partial charge >= 0.3 is 5.97 Å². The Balaban J connectivity index is 2.14. The zero-order valence-corrected chi connectivity index (χ0v) is 19.4. The van der Waals surface area contributed by atoms with Crippen LogP contribution < -0.4 is 4.74 Å². The number of nitrogens with zero attached hydrogens (tertiary/aromatic N) is 2. The highest BCUT2D eigenvalue weighted by atomic mass is 35.5. The molecular weight excluding hydrogens is 471 g/mol. The fourth-order valence-corrected chi connectivity index (χ4v) is 4.08. The molecule has 3 aromatic carbocycles. The van der Waals surface area contributed by atoms with Gasteiger partial charge in [0.25, 0.3) is 0 Å². The van der Waals surface area contributed by atoms with Crippen LogP contribution in [0, 0.1) is 0 Å². The van der Waals surface area contributed by atoms with Gasteiger partial charge in [0.1, 0.15) is 5.75 Å². The smallest absolute Gasteiger partial charge is 0.359 e. The summed E-state index contributed by atoms with van der Waals surface area (Å²) in [6.07, 6.45) is 0. The molecule has 0 saturated heterocycles. The summed E-state index contributed by atoms with van der Waals surface area (Å²) in [5, 5.41) is 6.06. The van der Waals surface area contributed by atoms with E-state index in [2.05, 4.69) is 5.10 Å². The molecule has 5 nitrogen and oxygen atoms in total. The number of carbonyl (C=O) groups excluding carboxylic acids is 1. The summed E-state index contributed by atoms with van der Waals surface area (Å²) < 4.78 is 12.2. The Morgan fingerprint density at radius 2 is 1.59 bits per heavy atom. The van der Waals surface area contributed by atoms with Crippen molar-refractivity contribution in [1.82, 2.24) is 9.78 Å². The third-order valence-electron chi connectivity index (χ3n) is 4.90. The third-order valence-corrected chi connectivity index (χ3v) is 5.69. The maximum atomic E-state index is 12.8. The summed E-state index contributed by atoms with van der Waals surface area (Å²) in [6.45, 7) is 0. The Morgan fingerprint density at radius 1 is 0.906 bits per heavy atom. The molecule has 0 aliphatic carbocycles. The summed E-state index contributed by atoms with van der Waals surface area (Å²) in [5.41, 5.74) is 3.28. The highest BCUT2D eigenvalue weighted by Crippen LogP contribution is 2.42. The molecule has 4 rings (SSSR count). The van der Waals surface area contributed by atoms with Crippen LogP contribution in [0.4, 0.5) is 0 Å². The van der Waals surface area contributed by atoms with E-state index in [1.54, 1.807) is 42.1 Å². The van der Waals surface area contributed by atoms with Gasteiger partial charge in [-0.3, -0.25) is 0 Å². The van der Waals surface area contributed by atoms with Crippen LogP contribution in [-0.4, -0.2) is 30.0 Å². The first kappa shape index (κ1) is 22.2. The van der Waals surface area contributed by atoms with Crippen molar-refractivity contribution in [2.24, 2.45) is 0 Å². The molecule has 0 fully saturated rings. The van der Waals surface area contributed by atoms with Gasteiger partial charge in [0.2, 0.25) is 0 Å². The second kappa shape index (κ2) is 9.25. The Hall–Kier alpha value is -2.99. The van der Waals surface area contributed by atoms with E-state index in [1.165, 1.54) is 7.11 Å². The predicted molar refractivity (Wildman–Crippen MR) is 127 cm³/mol. The van der Waals surface area contributed by atoms with Gasteiger partial charge < -0.3 is 9.47 Å². The maximum Gasteiger partial charge on any atom is 0.359 e. The molecule has 0 N–H and O–H groups in total. The van der Waals surface area contributed by atoms with E-state index in [-0.39, 0.29) is 5.69 Å². The summed E-state index contributed by atoms with van der Waals surface area (Å²) in [6, 6.07) is 19.7. The number of methoxy groups -OCH3 is 2. The van der Waals surface area contributed by atoms with Crippen LogP contribution in [0.15, 0.2) is 66.7 Å². The van der Waals surface area contributed by atoms with Crippen molar-refractivity contribution in [2.75, 3.05) is 14.2 Å². The lowest BCUT2D eigenvalue weighted by atomic mass is 9.97. The minimum Gasteiger partial charge on any atom is -0.496 e. The van der Waals surface area contributed by atoms with Crippen molar-refractivity contribution in [3.63, 3.8) is 0 Å². The second-order valence-electron chi connectivity index (χ2n) is 6.78. The predicted octanol–water partition coefficient (Wildman–Crippen LogP) is 6.96. The molecule has 1 aromatic heterocycles.